The third-order valence-corrected chi connectivity index (χ3v) is 2.84. The minimum Gasteiger partial charge on any atom is -0.324 e. The van der Waals surface area contributed by atoms with Gasteiger partial charge in [0.1, 0.15) is 0 Å². The smallest absolute Gasteiger partial charge is 0.0266 e. The number of thioether (sulfide) groups is 1. The van der Waals surface area contributed by atoms with Gasteiger partial charge in [-0.25, -0.2) is 0 Å². The van der Waals surface area contributed by atoms with E-state index in [0.717, 1.165) is 0 Å². The zero-order valence-electron chi connectivity index (χ0n) is 7.79. The van der Waals surface area contributed by atoms with E-state index >= 15 is 0 Å². The zero-order valence-corrected chi connectivity index (χ0v) is 8.61. The van der Waals surface area contributed by atoms with Crippen LogP contribution >= 0.6 is 11.8 Å². The minimum atomic E-state index is 0.139. The van der Waals surface area contributed by atoms with Crippen molar-refractivity contribution in [3.05, 3.63) is 29.3 Å². The van der Waals surface area contributed by atoms with Gasteiger partial charge in [-0.3, -0.25) is 0 Å². The number of rotatable bonds is 2. The van der Waals surface area contributed by atoms with Gasteiger partial charge < -0.3 is 5.73 Å². The summed E-state index contributed by atoms with van der Waals surface area (Å²) in [4.78, 5) is 1.33. The number of aryl methyl sites for hydroxylation is 1. The summed E-state index contributed by atoms with van der Waals surface area (Å²) in [6.07, 6.45) is 2.09. The lowest BCUT2D eigenvalue weighted by molar-refractivity contribution is 0.815. The van der Waals surface area contributed by atoms with Crippen LogP contribution in [0.3, 0.4) is 0 Å². The standard InChI is InChI=1S/C10H15NS/c1-7-6-9(8(2)11)4-5-10(7)12-3/h4-6,8H,11H2,1-3H3. The third-order valence-electron chi connectivity index (χ3n) is 1.94. The molecule has 1 atom stereocenters. The second-order valence-corrected chi connectivity index (χ2v) is 3.87. The molecule has 0 radical (unpaired) electrons. The first-order valence-corrected chi connectivity index (χ1v) is 5.27. The maximum atomic E-state index is 5.77. The monoisotopic (exact) mass is 181 g/mol. The maximum Gasteiger partial charge on any atom is 0.0266 e. The topological polar surface area (TPSA) is 26.0 Å². The molecule has 1 aromatic carbocycles. The van der Waals surface area contributed by atoms with E-state index < -0.39 is 0 Å². The molecule has 0 bridgehead atoms. The molecule has 1 aromatic rings. The van der Waals surface area contributed by atoms with Crippen LogP contribution < -0.4 is 5.73 Å². The molecule has 1 rings (SSSR count). The molecule has 0 saturated carbocycles. The maximum absolute atomic E-state index is 5.77. The fourth-order valence-electron chi connectivity index (χ4n) is 1.18. The molecule has 0 aliphatic rings. The zero-order chi connectivity index (χ0) is 9.14. The average molecular weight is 181 g/mol. The third kappa shape index (κ3) is 2.02. The van der Waals surface area contributed by atoms with Crippen LogP contribution in [0.25, 0.3) is 0 Å². The van der Waals surface area contributed by atoms with Crippen molar-refractivity contribution in [2.75, 3.05) is 6.26 Å². The number of benzene rings is 1. The van der Waals surface area contributed by atoms with Crippen LogP contribution in [-0.2, 0) is 0 Å². The molecule has 0 aromatic heterocycles. The van der Waals surface area contributed by atoms with Crippen molar-refractivity contribution < 1.29 is 0 Å². The van der Waals surface area contributed by atoms with Crippen molar-refractivity contribution in [1.29, 1.82) is 0 Å². The largest absolute Gasteiger partial charge is 0.324 e. The lowest BCUT2D eigenvalue weighted by atomic mass is 10.1. The molecule has 1 unspecified atom stereocenters. The highest BCUT2D eigenvalue weighted by Crippen LogP contribution is 2.22. The Morgan fingerprint density at radius 3 is 2.50 bits per heavy atom. The quantitative estimate of drug-likeness (QED) is 0.710. The molecule has 0 fully saturated rings. The Balaban J connectivity index is 3.02. The second kappa shape index (κ2) is 3.97. The Labute approximate surface area is 78.4 Å². The average Bonchev–Trinajstić information content (AvgIpc) is 2.04. The van der Waals surface area contributed by atoms with Crippen LogP contribution in [0, 0.1) is 6.92 Å². The van der Waals surface area contributed by atoms with Gasteiger partial charge in [0.2, 0.25) is 0 Å². The van der Waals surface area contributed by atoms with Crippen LogP contribution in [0.15, 0.2) is 23.1 Å². The Kier molecular flexibility index (Phi) is 3.18. The normalized spacial score (nSPS) is 13.0. The molecule has 0 amide bonds. The summed E-state index contributed by atoms with van der Waals surface area (Å²) < 4.78 is 0. The molecule has 0 spiro atoms. The van der Waals surface area contributed by atoms with Crippen LogP contribution in [0.2, 0.25) is 0 Å². The predicted octanol–water partition coefficient (Wildman–Crippen LogP) is 2.74. The van der Waals surface area contributed by atoms with Crippen LogP contribution in [0.4, 0.5) is 0 Å². The SMILES string of the molecule is CSc1ccc(C(C)N)cc1C. The Morgan fingerprint density at radius 1 is 1.42 bits per heavy atom. The number of nitrogens with two attached hydrogens (primary N) is 1. The van der Waals surface area contributed by atoms with Gasteiger partial charge in [-0.2, -0.15) is 0 Å². The molecule has 0 heterocycles. The second-order valence-electron chi connectivity index (χ2n) is 3.02. The van der Waals surface area contributed by atoms with E-state index in [1.54, 1.807) is 11.8 Å². The summed E-state index contributed by atoms with van der Waals surface area (Å²) in [6.45, 7) is 4.13. The Bertz CT molecular complexity index is 269. The van der Waals surface area contributed by atoms with Crippen LogP contribution in [0.1, 0.15) is 24.1 Å². The van der Waals surface area contributed by atoms with Crippen molar-refractivity contribution in [3.8, 4) is 0 Å². The highest BCUT2D eigenvalue weighted by atomic mass is 32.2. The van der Waals surface area contributed by atoms with Gasteiger partial charge in [-0.05, 0) is 37.3 Å². The highest BCUT2D eigenvalue weighted by Gasteiger charge is 2.01. The van der Waals surface area contributed by atoms with Gasteiger partial charge in [0.15, 0.2) is 0 Å². The highest BCUT2D eigenvalue weighted by molar-refractivity contribution is 7.98. The first-order valence-electron chi connectivity index (χ1n) is 4.05. The first kappa shape index (κ1) is 9.62. The molecule has 0 aliphatic heterocycles. The van der Waals surface area contributed by atoms with E-state index in [4.69, 9.17) is 5.73 Å². The molecular formula is C10H15NS. The molecule has 2 N–H and O–H groups in total. The molecular weight excluding hydrogens is 166 g/mol. The number of hydrogen-bond acceptors (Lipinski definition) is 2. The van der Waals surface area contributed by atoms with E-state index in [2.05, 4.69) is 31.4 Å². The van der Waals surface area contributed by atoms with E-state index in [1.807, 2.05) is 6.92 Å². The van der Waals surface area contributed by atoms with Crippen LogP contribution in [-0.4, -0.2) is 6.26 Å². The van der Waals surface area contributed by atoms with E-state index in [0.29, 0.717) is 0 Å². The van der Waals surface area contributed by atoms with Gasteiger partial charge in [-0.15, -0.1) is 11.8 Å². The fraction of sp³-hybridized carbons (Fsp3) is 0.400. The van der Waals surface area contributed by atoms with Gasteiger partial charge in [-0.1, -0.05) is 12.1 Å². The van der Waals surface area contributed by atoms with Gasteiger partial charge >= 0.3 is 0 Å². The Morgan fingerprint density at radius 2 is 2.08 bits per heavy atom. The van der Waals surface area contributed by atoms with Crippen molar-refractivity contribution in [2.24, 2.45) is 5.73 Å². The molecule has 66 valence electrons. The van der Waals surface area contributed by atoms with E-state index in [-0.39, 0.29) is 6.04 Å². The minimum absolute atomic E-state index is 0.139. The van der Waals surface area contributed by atoms with Gasteiger partial charge in [0, 0.05) is 10.9 Å². The van der Waals surface area contributed by atoms with Crippen molar-refractivity contribution >= 4 is 11.8 Å². The van der Waals surface area contributed by atoms with Gasteiger partial charge in [0.25, 0.3) is 0 Å². The predicted molar refractivity (Wildman–Crippen MR) is 55.6 cm³/mol. The molecule has 0 aliphatic carbocycles. The summed E-state index contributed by atoms with van der Waals surface area (Å²) in [7, 11) is 0. The fourth-order valence-corrected chi connectivity index (χ4v) is 1.77. The lowest BCUT2D eigenvalue weighted by Gasteiger charge is -2.08. The summed E-state index contributed by atoms with van der Waals surface area (Å²) in [5, 5.41) is 0. The van der Waals surface area contributed by atoms with Crippen molar-refractivity contribution in [1.82, 2.24) is 0 Å². The van der Waals surface area contributed by atoms with Crippen LogP contribution in [0.5, 0.6) is 0 Å². The first-order chi connectivity index (χ1) is 5.65. The van der Waals surface area contributed by atoms with Crippen molar-refractivity contribution in [3.63, 3.8) is 0 Å². The van der Waals surface area contributed by atoms with E-state index in [1.165, 1.54) is 16.0 Å². The molecule has 12 heavy (non-hydrogen) atoms. The molecule has 1 nitrogen and oxygen atoms in total. The Hall–Kier alpha value is -0.470. The number of hydrogen-bond donors (Lipinski definition) is 1. The van der Waals surface area contributed by atoms with E-state index in [9.17, 15) is 0 Å². The summed E-state index contributed by atoms with van der Waals surface area (Å²) in [5.74, 6) is 0. The van der Waals surface area contributed by atoms with Crippen molar-refractivity contribution in [2.45, 2.75) is 24.8 Å². The summed E-state index contributed by atoms with van der Waals surface area (Å²) >= 11 is 1.78. The molecule has 0 saturated heterocycles. The molecule has 2 heteroatoms. The van der Waals surface area contributed by atoms with Gasteiger partial charge in [0.05, 0.1) is 0 Å². The lowest BCUT2D eigenvalue weighted by Crippen LogP contribution is -2.04. The summed E-state index contributed by atoms with van der Waals surface area (Å²) in [6, 6.07) is 6.54. The summed E-state index contributed by atoms with van der Waals surface area (Å²) in [5.41, 5.74) is 8.30.